The van der Waals surface area contributed by atoms with Crippen LogP contribution >= 0.6 is 0 Å². The molecule has 0 atom stereocenters. The Morgan fingerprint density at radius 3 is 3.00 bits per heavy atom. The molecule has 0 saturated carbocycles. The lowest BCUT2D eigenvalue weighted by Crippen LogP contribution is -2.08. The topological polar surface area (TPSA) is 41.5 Å². The van der Waals surface area contributed by atoms with Gasteiger partial charge in [0, 0.05) is 6.54 Å². The largest absolute Gasteiger partial charge is 0.376 e. The summed E-state index contributed by atoms with van der Waals surface area (Å²) in [4.78, 5) is 12.7. The highest BCUT2D eigenvalue weighted by Crippen LogP contribution is 1.48. The van der Waals surface area contributed by atoms with Crippen molar-refractivity contribution >= 4 is 12.7 Å². The highest BCUT2D eigenvalue weighted by Gasteiger charge is 1.62. The van der Waals surface area contributed by atoms with Crippen molar-refractivity contribution < 1.29 is 4.79 Å². The molecule has 1 N–H and O–H groups in total. The first-order valence-corrected chi connectivity index (χ1v) is 2.10. The zero-order chi connectivity index (χ0) is 5.54. The zero-order valence-corrected chi connectivity index (χ0v) is 4.22. The molecule has 0 bridgehead atoms. The highest BCUT2D eigenvalue weighted by molar-refractivity contribution is 5.67. The van der Waals surface area contributed by atoms with Gasteiger partial charge in [0.2, 0.25) is 6.41 Å². The molecule has 0 aliphatic heterocycles. The number of rotatable bonds is 3. The average molecular weight is 100 g/mol. The molecule has 0 radical (unpaired) electrons. The van der Waals surface area contributed by atoms with Crippen molar-refractivity contribution in [2.75, 3.05) is 6.54 Å². The molecular formula is C4H8N2O. The van der Waals surface area contributed by atoms with Gasteiger partial charge in [0.15, 0.2) is 0 Å². The first-order valence-electron chi connectivity index (χ1n) is 2.10. The van der Waals surface area contributed by atoms with Gasteiger partial charge in [-0.05, 0) is 6.92 Å². The molecule has 0 fully saturated rings. The lowest BCUT2D eigenvalue weighted by Gasteiger charge is -1.84. The maximum Gasteiger partial charge on any atom is 0.234 e. The summed E-state index contributed by atoms with van der Waals surface area (Å²) in [6.07, 6.45) is 1.86. The monoisotopic (exact) mass is 100 g/mol. The molecule has 3 nitrogen and oxygen atoms in total. The molecule has 40 valence electrons. The van der Waals surface area contributed by atoms with Crippen LogP contribution in [0.4, 0.5) is 0 Å². The lowest BCUT2D eigenvalue weighted by molar-refractivity contribution is -0.106. The second-order valence-electron chi connectivity index (χ2n) is 0.941. The Labute approximate surface area is 42.4 Å². The number of aliphatic imine (C=N–C) groups is 1. The van der Waals surface area contributed by atoms with E-state index >= 15 is 0 Å². The smallest absolute Gasteiger partial charge is 0.234 e. The number of carbonyl (C=O) groups excluding carboxylic acids is 1. The van der Waals surface area contributed by atoms with Crippen molar-refractivity contribution in [3.63, 3.8) is 0 Å². The summed E-state index contributed by atoms with van der Waals surface area (Å²) in [5, 5.41) is 2.73. The summed E-state index contributed by atoms with van der Waals surface area (Å²) >= 11 is 0. The molecule has 0 aliphatic carbocycles. The van der Waals surface area contributed by atoms with E-state index in [9.17, 15) is 4.79 Å². The zero-order valence-electron chi connectivity index (χ0n) is 4.22. The molecule has 1 amide bonds. The Morgan fingerprint density at radius 2 is 2.57 bits per heavy atom. The fourth-order valence-electron chi connectivity index (χ4n) is 0.174. The van der Waals surface area contributed by atoms with Gasteiger partial charge in [-0.2, -0.15) is 0 Å². The Balaban J connectivity index is 2.92. The van der Waals surface area contributed by atoms with Gasteiger partial charge in [-0.15, -0.1) is 0 Å². The van der Waals surface area contributed by atoms with Gasteiger partial charge in [0.05, 0.1) is 6.34 Å². The summed E-state index contributed by atoms with van der Waals surface area (Å²) in [7, 11) is 0. The molecule has 3 heteroatoms. The molecular weight excluding hydrogens is 92.1 g/mol. The van der Waals surface area contributed by atoms with Crippen LogP contribution in [-0.4, -0.2) is 19.3 Å². The number of nitrogens with zero attached hydrogens (tertiary/aromatic N) is 1. The lowest BCUT2D eigenvalue weighted by atomic mass is 10.8. The highest BCUT2D eigenvalue weighted by atomic mass is 16.1. The molecule has 0 aromatic rings. The molecule has 0 heterocycles. The van der Waals surface area contributed by atoms with E-state index < -0.39 is 0 Å². The van der Waals surface area contributed by atoms with Crippen LogP contribution in [0.15, 0.2) is 4.99 Å². The minimum absolute atomic E-state index is 0.489. The fraction of sp³-hybridized carbons (Fsp3) is 0.500. The molecule has 0 spiro atoms. The minimum atomic E-state index is 0.489. The summed E-state index contributed by atoms with van der Waals surface area (Å²) < 4.78 is 0. The second-order valence-corrected chi connectivity index (χ2v) is 0.941. The van der Waals surface area contributed by atoms with E-state index in [1.54, 1.807) is 0 Å². The Bertz CT molecular complexity index is 70.1. The van der Waals surface area contributed by atoms with Gasteiger partial charge >= 0.3 is 0 Å². The average Bonchev–Trinajstić information content (AvgIpc) is 1.69. The Morgan fingerprint density at radius 1 is 1.86 bits per heavy atom. The van der Waals surface area contributed by atoms with Crippen molar-refractivity contribution in [2.24, 2.45) is 4.99 Å². The van der Waals surface area contributed by atoms with Crippen LogP contribution in [0.1, 0.15) is 6.92 Å². The standard InChI is InChI=1S/C4H8N2O/c1-2-5-3-6-4-7/h3-4H,2H2,1H3,(H,5,6,7). The summed E-state index contributed by atoms with van der Waals surface area (Å²) in [6, 6.07) is 0. The van der Waals surface area contributed by atoms with Crippen molar-refractivity contribution in [1.29, 1.82) is 0 Å². The van der Waals surface area contributed by atoms with E-state index in [0.29, 0.717) is 6.41 Å². The first-order chi connectivity index (χ1) is 3.41. The third-order valence-corrected chi connectivity index (χ3v) is 0.431. The van der Waals surface area contributed by atoms with E-state index in [0.717, 1.165) is 6.54 Å². The number of amides is 1. The molecule has 0 unspecified atom stereocenters. The van der Waals surface area contributed by atoms with Crippen LogP contribution in [0.2, 0.25) is 0 Å². The molecule has 0 rings (SSSR count). The van der Waals surface area contributed by atoms with Gasteiger partial charge in [-0.25, -0.2) is 4.99 Å². The van der Waals surface area contributed by atoms with E-state index in [1.807, 2.05) is 6.92 Å². The molecule has 0 aliphatic rings. The molecule has 7 heavy (non-hydrogen) atoms. The van der Waals surface area contributed by atoms with E-state index in [4.69, 9.17) is 0 Å². The van der Waals surface area contributed by atoms with Crippen molar-refractivity contribution in [3.05, 3.63) is 0 Å². The van der Waals surface area contributed by atoms with Crippen LogP contribution in [0, 0.1) is 0 Å². The van der Waals surface area contributed by atoms with Gasteiger partial charge in [0.1, 0.15) is 0 Å². The van der Waals surface area contributed by atoms with Crippen LogP contribution in [-0.2, 0) is 4.79 Å². The SMILES string of the molecule is CCN/C=N\C=O. The quantitative estimate of drug-likeness (QED) is 0.302. The maximum atomic E-state index is 9.44. The minimum Gasteiger partial charge on any atom is -0.376 e. The summed E-state index contributed by atoms with van der Waals surface area (Å²) in [6.45, 7) is 2.73. The van der Waals surface area contributed by atoms with Gasteiger partial charge in [-0.3, -0.25) is 4.79 Å². The van der Waals surface area contributed by atoms with Crippen molar-refractivity contribution in [3.8, 4) is 0 Å². The third kappa shape index (κ3) is 5.14. The number of nitrogens with one attached hydrogen (secondary N) is 1. The number of carbonyl (C=O) groups is 1. The van der Waals surface area contributed by atoms with E-state index in [2.05, 4.69) is 10.3 Å². The number of hydrogen-bond acceptors (Lipinski definition) is 1. The Kier molecular flexibility index (Phi) is 4.51. The van der Waals surface area contributed by atoms with Gasteiger partial charge in [0.25, 0.3) is 0 Å². The fourth-order valence-corrected chi connectivity index (χ4v) is 0.174. The summed E-state index contributed by atoms with van der Waals surface area (Å²) in [5.41, 5.74) is 0. The van der Waals surface area contributed by atoms with Crippen LogP contribution < -0.4 is 5.32 Å². The first kappa shape index (κ1) is 6.14. The Hall–Kier alpha value is -0.860. The van der Waals surface area contributed by atoms with Gasteiger partial charge < -0.3 is 5.32 Å². The van der Waals surface area contributed by atoms with Crippen LogP contribution in [0.25, 0.3) is 0 Å². The predicted octanol–water partition coefficient (Wildman–Crippen LogP) is -0.219. The van der Waals surface area contributed by atoms with Crippen LogP contribution in [0.3, 0.4) is 0 Å². The van der Waals surface area contributed by atoms with E-state index in [-0.39, 0.29) is 0 Å². The predicted molar refractivity (Wildman–Crippen MR) is 28.2 cm³/mol. The van der Waals surface area contributed by atoms with Crippen molar-refractivity contribution in [2.45, 2.75) is 6.92 Å². The second kappa shape index (κ2) is 5.14. The normalized spacial score (nSPS) is 9.29. The van der Waals surface area contributed by atoms with E-state index in [1.165, 1.54) is 6.34 Å². The maximum absolute atomic E-state index is 9.44. The van der Waals surface area contributed by atoms with Crippen LogP contribution in [0.5, 0.6) is 0 Å². The molecule has 0 saturated heterocycles. The number of hydrogen-bond donors (Lipinski definition) is 1. The molecule has 0 aromatic carbocycles. The van der Waals surface area contributed by atoms with Crippen molar-refractivity contribution in [1.82, 2.24) is 5.32 Å². The molecule has 0 aromatic heterocycles. The summed E-state index contributed by atoms with van der Waals surface area (Å²) in [5.74, 6) is 0. The third-order valence-electron chi connectivity index (χ3n) is 0.431. The van der Waals surface area contributed by atoms with Gasteiger partial charge in [-0.1, -0.05) is 0 Å².